The van der Waals surface area contributed by atoms with Gasteiger partial charge in [-0.15, -0.1) is 11.3 Å². The first-order valence-electron chi connectivity index (χ1n) is 13.4. The smallest absolute Gasteiger partial charge is 0.326 e. The Labute approximate surface area is 229 Å². The maximum Gasteiger partial charge on any atom is 0.326 e. The van der Waals surface area contributed by atoms with Crippen molar-refractivity contribution in [2.75, 3.05) is 19.6 Å². The minimum Gasteiger partial charge on any atom is -0.493 e. The van der Waals surface area contributed by atoms with Gasteiger partial charge in [0.2, 0.25) is 5.88 Å². The molecule has 1 aliphatic rings. The molecule has 1 unspecified atom stereocenters. The molecule has 4 N–H and O–H groups in total. The van der Waals surface area contributed by atoms with E-state index in [2.05, 4.69) is 39.1 Å². The van der Waals surface area contributed by atoms with Gasteiger partial charge in [-0.1, -0.05) is 13.8 Å². The van der Waals surface area contributed by atoms with Crippen molar-refractivity contribution in [3.8, 4) is 16.5 Å². The predicted molar refractivity (Wildman–Crippen MR) is 151 cm³/mol. The number of fused-ring (bicyclic) bond motifs is 1. The van der Waals surface area contributed by atoms with E-state index >= 15 is 0 Å². The van der Waals surface area contributed by atoms with Gasteiger partial charge in [-0.25, -0.2) is 9.78 Å². The van der Waals surface area contributed by atoms with Crippen LogP contribution in [0, 0.1) is 0 Å². The molecule has 0 saturated heterocycles. The molecule has 0 aliphatic heterocycles. The zero-order chi connectivity index (χ0) is 27.5. The molecule has 4 aromatic rings. The third-order valence-corrected chi connectivity index (χ3v) is 7.95. The molecule has 1 saturated carbocycles. The van der Waals surface area contributed by atoms with E-state index in [0.717, 1.165) is 50.2 Å². The summed E-state index contributed by atoms with van der Waals surface area (Å²) < 4.78 is 1.66. The molecule has 4 aromatic heterocycles. The largest absolute Gasteiger partial charge is 0.493 e. The Balaban J connectivity index is 1.40. The Morgan fingerprint density at radius 1 is 1.33 bits per heavy atom. The van der Waals surface area contributed by atoms with Crippen LogP contribution < -0.4 is 21.7 Å². The Morgan fingerprint density at radius 3 is 2.82 bits per heavy atom. The maximum atomic E-state index is 13.0. The number of hydrogen-bond acceptors (Lipinski definition) is 8. The number of imidazole rings is 1. The number of H-pyrrole nitrogens is 2. The topological polar surface area (TPSA) is 144 Å². The van der Waals surface area contributed by atoms with Crippen LogP contribution in [0.1, 0.15) is 61.8 Å². The molecular formula is C27H34N8O3S. The van der Waals surface area contributed by atoms with Crippen LogP contribution in [0.5, 0.6) is 5.88 Å². The number of aromatic hydroxyl groups is 1. The summed E-state index contributed by atoms with van der Waals surface area (Å²) in [6.45, 7) is 9.49. The fourth-order valence-corrected chi connectivity index (χ4v) is 5.32. The van der Waals surface area contributed by atoms with Crippen LogP contribution in [-0.2, 0) is 0 Å². The van der Waals surface area contributed by atoms with Crippen LogP contribution in [-0.4, -0.2) is 72.2 Å². The summed E-state index contributed by atoms with van der Waals surface area (Å²) in [5.74, 6) is -0.342. The molecule has 4 heterocycles. The van der Waals surface area contributed by atoms with Crippen LogP contribution in [0.2, 0.25) is 0 Å². The lowest BCUT2D eigenvalue weighted by Gasteiger charge is -2.19. The molecule has 0 aromatic carbocycles. The van der Waals surface area contributed by atoms with E-state index in [1.165, 1.54) is 11.3 Å². The van der Waals surface area contributed by atoms with Crippen molar-refractivity contribution >= 4 is 29.0 Å². The number of aromatic nitrogens is 5. The first-order valence-corrected chi connectivity index (χ1v) is 14.2. The molecule has 1 aliphatic carbocycles. The van der Waals surface area contributed by atoms with E-state index < -0.39 is 5.69 Å². The monoisotopic (exact) mass is 550 g/mol. The summed E-state index contributed by atoms with van der Waals surface area (Å²) in [4.78, 5) is 42.9. The van der Waals surface area contributed by atoms with E-state index in [0.29, 0.717) is 26.9 Å². The van der Waals surface area contributed by atoms with Crippen molar-refractivity contribution in [3.05, 3.63) is 56.2 Å². The Morgan fingerprint density at radius 2 is 2.13 bits per heavy atom. The number of thiophene rings is 1. The van der Waals surface area contributed by atoms with E-state index in [-0.39, 0.29) is 29.6 Å². The fourth-order valence-electron chi connectivity index (χ4n) is 4.45. The third-order valence-electron chi connectivity index (χ3n) is 6.84. The molecule has 206 valence electrons. The van der Waals surface area contributed by atoms with Crippen LogP contribution in [0.3, 0.4) is 0 Å². The minimum absolute atomic E-state index is 0.0817. The Kier molecular flexibility index (Phi) is 7.94. The van der Waals surface area contributed by atoms with Gasteiger partial charge in [0.15, 0.2) is 11.1 Å². The lowest BCUT2D eigenvalue weighted by Crippen LogP contribution is -2.33. The molecule has 0 bridgehead atoms. The average Bonchev–Trinajstić information content (AvgIpc) is 3.29. The predicted octanol–water partition coefficient (Wildman–Crippen LogP) is 2.03. The molecule has 0 spiro atoms. The number of carbonyl (C=O) groups is 1. The molecule has 11 nitrogen and oxygen atoms in total. The van der Waals surface area contributed by atoms with Crippen LogP contribution >= 0.6 is 11.3 Å². The molecular weight excluding hydrogens is 516 g/mol. The summed E-state index contributed by atoms with van der Waals surface area (Å²) >= 11 is 1.39. The van der Waals surface area contributed by atoms with Gasteiger partial charge in [0.25, 0.3) is 5.91 Å². The van der Waals surface area contributed by atoms with Crippen molar-refractivity contribution in [3.63, 3.8) is 0 Å². The molecule has 1 amide bonds. The Hall–Kier alpha value is -3.77. The van der Waals surface area contributed by atoms with Crippen molar-refractivity contribution in [2.24, 2.45) is 4.99 Å². The lowest BCUT2D eigenvalue weighted by atomic mass is 10.1. The van der Waals surface area contributed by atoms with Crippen molar-refractivity contribution in [2.45, 2.75) is 58.5 Å². The number of carbonyl (C=O) groups excluding carboxylic acids is 1. The maximum absolute atomic E-state index is 13.0. The van der Waals surface area contributed by atoms with Gasteiger partial charge < -0.3 is 20.3 Å². The van der Waals surface area contributed by atoms with Crippen molar-refractivity contribution in [1.82, 2.24) is 34.8 Å². The molecule has 1 atom stereocenters. The normalized spacial score (nSPS) is 15.5. The zero-order valence-electron chi connectivity index (χ0n) is 22.4. The molecule has 12 heteroatoms. The first-order chi connectivity index (χ1) is 18.8. The average molecular weight is 551 g/mol. The molecule has 0 radical (unpaired) electrons. The second-order valence-electron chi connectivity index (χ2n) is 9.89. The SMILES string of the molecule is CCN(CC)CCCC(C)NC(=O)c1ccc(-c2cc(=NC3CC3)n3nc/c(=C\c4[nH]c(=O)[nH]c4O)c3n2)s1. The zero-order valence-corrected chi connectivity index (χ0v) is 23.2. The number of rotatable bonds is 11. The van der Waals surface area contributed by atoms with Crippen LogP contribution in [0.4, 0.5) is 0 Å². The highest BCUT2D eigenvalue weighted by atomic mass is 32.1. The number of amides is 1. The van der Waals surface area contributed by atoms with Gasteiger partial charge in [0.1, 0.15) is 5.69 Å². The fraction of sp³-hybridized carbons (Fsp3) is 0.444. The highest BCUT2D eigenvalue weighted by Crippen LogP contribution is 2.27. The van der Waals surface area contributed by atoms with Crippen LogP contribution in [0.15, 0.2) is 34.2 Å². The summed E-state index contributed by atoms with van der Waals surface area (Å²) in [6.07, 6.45) is 7.27. The van der Waals surface area contributed by atoms with Gasteiger partial charge in [0, 0.05) is 17.3 Å². The molecule has 5 rings (SSSR count). The number of nitrogens with zero attached hydrogens (tertiary/aromatic N) is 5. The summed E-state index contributed by atoms with van der Waals surface area (Å²) in [5.41, 5.74) is 1.62. The van der Waals surface area contributed by atoms with Gasteiger partial charge in [-0.3, -0.25) is 14.8 Å². The van der Waals surface area contributed by atoms with Crippen molar-refractivity contribution in [1.29, 1.82) is 0 Å². The second kappa shape index (κ2) is 11.5. The van der Waals surface area contributed by atoms with Crippen molar-refractivity contribution < 1.29 is 9.90 Å². The lowest BCUT2D eigenvalue weighted by molar-refractivity contribution is 0.0941. The summed E-state index contributed by atoms with van der Waals surface area (Å²) in [5, 5.41) is 18.2. The second-order valence-corrected chi connectivity index (χ2v) is 11.0. The quantitative estimate of drug-likeness (QED) is 0.225. The number of nitrogens with one attached hydrogen (secondary N) is 3. The van der Waals surface area contributed by atoms with Gasteiger partial charge in [0.05, 0.1) is 27.7 Å². The highest BCUT2D eigenvalue weighted by molar-refractivity contribution is 7.17. The molecule has 39 heavy (non-hydrogen) atoms. The number of aromatic amines is 2. The van der Waals surface area contributed by atoms with E-state index in [9.17, 15) is 14.7 Å². The number of hydrogen-bond donors (Lipinski definition) is 4. The summed E-state index contributed by atoms with van der Waals surface area (Å²) in [7, 11) is 0. The van der Waals surface area contributed by atoms with E-state index in [1.807, 2.05) is 25.1 Å². The van der Waals surface area contributed by atoms with Crippen LogP contribution in [0.25, 0.3) is 22.3 Å². The van der Waals surface area contributed by atoms with Gasteiger partial charge in [-0.2, -0.15) is 9.61 Å². The summed E-state index contributed by atoms with van der Waals surface area (Å²) in [6, 6.07) is 5.96. The van der Waals surface area contributed by atoms with E-state index in [4.69, 9.17) is 9.98 Å². The highest BCUT2D eigenvalue weighted by Gasteiger charge is 2.21. The van der Waals surface area contributed by atoms with E-state index in [1.54, 1.807) is 16.8 Å². The third kappa shape index (κ3) is 6.28. The van der Waals surface area contributed by atoms with Gasteiger partial charge in [-0.05, 0) is 70.5 Å². The minimum atomic E-state index is -0.504. The van der Waals surface area contributed by atoms with Gasteiger partial charge >= 0.3 is 5.69 Å². The molecule has 1 fully saturated rings. The standard InChI is InChI=1S/C27H34N8O3S/c1-4-34(5-2)12-6-7-16(3)29-26(37)22-11-10-21(39-22)19-14-23(30-18-8-9-18)35-24(31-19)17(15-28-35)13-20-25(36)33-27(38)32-20/h10-11,13-16,18,36H,4-9,12H2,1-3H3,(H,29,37)(H2,32,33,38)/b17-13+,30-23?. The first kappa shape index (κ1) is 26.8. The Bertz CT molecular complexity index is 1640.